The monoisotopic (exact) mass is 216 g/mol. The molecule has 1 fully saturated rings. The van der Waals surface area contributed by atoms with Crippen molar-refractivity contribution in [1.29, 1.82) is 0 Å². The van der Waals surface area contributed by atoms with E-state index in [-0.39, 0.29) is 0 Å². The van der Waals surface area contributed by atoms with Crippen molar-refractivity contribution in [3.05, 3.63) is 30.6 Å². The molecule has 0 unspecified atom stereocenters. The minimum absolute atomic E-state index is 0.709. The summed E-state index contributed by atoms with van der Waals surface area (Å²) in [6, 6.07) is 3.99. The molecule has 0 saturated carbocycles. The number of hydrogen-bond donors (Lipinski definition) is 1. The number of pyridine rings is 1. The third kappa shape index (κ3) is 2.59. The van der Waals surface area contributed by atoms with Crippen molar-refractivity contribution in [2.24, 2.45) is 10.7 Å². The zero-order valence-corrected chi connectivity index (χ0v) is 9.21. The second-order valence-electron chi connectivity index (χ2n) is 3.73. The molecule has 0 bridgehead atoms. The molecule has 1 aromatic rings. The number of aromatic nitrogens is 1. The molecule has 1 aromatic heterocycles. The standard InChI is InChI=1S/C12H16N4/c13-6-3-7-14-12-5-4-11(10-15-12)16-8-1-2-9-16/h3-7,10H,1-2,8-9,13H2/b6-3-,14-7?. The highest BCUT2D eigenvalue weighted by atomic mass is 15.1. The zero-order valence-electron chi connectivity index (χ0n) is 9.21. The summed E-state index contributed by atoms with van der Waals surface area (Å²) in [4.78, 5) is 10.8. The van der Waals surface area contributed by atoms with E-state index < -0.39 is 0 Å². The molecule has 1 aliphatic heterocycles. The smallest absolute Gasteiger partial charge is 0.151 e. The van der Waals surface area contributed by atoms with Crippen molar-refractivity contribution in [2.75, 3.05) is 18.0 Å². The van der Waals surface area contributed by atoms with Gasteiger partial charge in [-0.25, -0.2) is 9.98 Å². The fourth-order valence-electron chi connectivity index (χ4n) is 1.79. The van der Waals surface area contributed by atoms with Gasteiger partial charge in [-0.15, -0.1) is 0 Å². The lowest BCUT2D eigenvalue weighted by atomic mass is 10.3. The highest BCUT2D eigenvalue weighted by molar-refractivity contribution is 5.73. The van der Waals surface area contributed by atoms with Gasteiger partial charge in [0.1, 0.15) is 0 Å². The number of hydrogen-bond acceptors (Lipinski definition) is 4. The van der Waals surface area contributed by atoms with Gasteiger partial charge in [0, 0.05) is 19.3 Å². The zero-order chi connectivity index (χ0) is 11.2. The highest BCUT2D eigenvalue weighted by Gasteiger charge is 2.11. The summed E-state index contributed by atoms with van der Waals surface area (Å²) in [5, 5.41) is 0. The third-order valence-electron chi connectivity index (χ3n) is 2.61. The summed E-state index contributed by atoms with van der Waals surface area (Å²) in [6.07, 6.45) is 9.20. The number of nitrogens with zero attached hydrogens (tertiary/aromatic N) is 3. The van der Waals surface area contributed by atoms with Crippen LogP contribution >= 0.6 is 0 Å². The molecule has 1 saturated heterocycles. The lowest BCUT2D eigenvalue weighted by Crippen LogP contribution is -2.17. The van der Waals surface area contributed by atoms with Gasteiger partial charge in [-0.2, -0.15) is 0 Å². The number of aliphatic imine (C=N–C) groups is 1. The third-order valence-corrected chi connectivity index (χ3v) is 2.61. The molecule has 0 spiro atoms. The molecule has 1 aliphatic rings. The molecule has 0 radical (unpaired) electrons. The fraction of sp³-hybridized carbons (Fsp3) is 0.333. The Morgan fingerprint density at radius 1 is 1.31 bits per heavy atom. The van der Waals surface area contributed by atoms with Gasteiger partial charge in [-0.3, -0.25) is 0 Å². The molecule has 0 aliphatic carbocycles. The number of allylic oxidation sites excluding steroid dienone is 1. The van der Waals surface area contributed by atoms with Gasteiger partial charge < -0.3 is 10.6 Å². The average Bonchev–Trinajstić information content (AvgIpc) is 2.84. The van der Waals surface area contributed by atoms with Gasteiger partial charge >= 0.3 is 0 Å². The molecule has 2 N–H and O–H groups in total. The van der Waals surface area contributed by atoms with Crippen LogP contribution in [0.4, 0.5) is 11.5 Å². The van der Waals surface area contributed by atoms with E-state index in [1.54, 1.807) is 12.3 Å². The minimum Gasteiger partial charge on any atom is -0.405 e. The van der Waals surface area contributed by atoms with E-state index in [0.29, 0.717) is 5.82 Å². The van der Waals surface area contributed by atoms with Crippen LogP contribution in [0.1, 0.15) is 12.8 Å². The molecule has 84 valence electrons. The maximum absolute atomic E-state index is 5.20. The molecular weight excluding hydrogens is 200 g/mol. The first-order valence-electron chi connectivity index (χ1n) is 5.52. The summed E-state index contributed by atoms with van der Waals surface area (Å²) in [5.41, 5.74) is 6.39. The van der Waals surface area contributed by atoms with Crippen LogP contribution in [0.2, 0.25) is 0 Å². The van der Waals surface area contributed by atoms with E-state index in [0.717, 1.165) is 13.1 Å². The Morgan fingerprint density at radius 3 is 2.75 bits per heavy atom. The van der Waals surface area contributed by atoms with Crippen LogP contribution in [0.25, 0.3) is 0 Å². The summed E-state index contributed by atoms with van der Waals surface area (Å²) >= 11 is 0. The molecule has 2 rings (SSSR count). The van der Waals surface area contributed by atoms with Crippen molar-refractivity contribution < 1.29 is 0 Å². The molecule has 16 heavy (non-hydrogen) atoms. The van der Waals surface area contributed by atoms with Gasteiger partial charge in [0.2, 0.25) is 0 Å². The fourth-order valence-corrected chi connectivity index (χ4v) is 1.79. The predicted molar refractivity (Wildman–Crippen MR) is 67.2 cm³/mol. The Hall–Kier alpha value is -1.84. The molecule has 4 heteroatoms. The topological polar surface area (TPSA) is 54.5 Å². The van der Waals surface area contributed by atoms with Crippen LogP contribution < -0.4 is 10.6 Å². The molecule has 0 aromatic carbocycles. The summed E-state index contributed by atoms with van der Waals surface area (Å²) in [7, 11) is 0. The lowest BCUT2D eigenvalue weighted by Gasteiger charge is -2.16. The van der Waals surface area contributed by atoms with Gasteiger partial charge in [0.05, 0.1) is 11.9 Å². The number of rotatable bonds is 3. The summed E-state index contributed by atoms with van der Waals surface area (Å²) in [5.74, 6) is 0.709. The lowest BCUT2D eigenvalue weighted by molar-refractivity contribution is 0.949. The van der Waals surface area contributed by atoms with E-state index in [4.69, 9.17) is 5.73 Å². The van der Waals surface area contributed by atoms with Crippen LogP contribution in [0, 0.1) is 0 Å². The average molecular weight is 216 g/mol. The quantitative estimate of drug-likeness (QED) is 0.784. The van der Waals surface area contributed by atoms with Crippen LogP contribution in [0.3, 0.4) is 0 Å². The SMILES string of the molecule is N/C=C\C=Nc1ccc(N2CCCC2)cn1. The van der Waals surface area contributed by atoms with Crippen molar-refractivity contribution in [3.63, 3.8) is 0 Å². The normalized spacial score (nSPS) is 16.6. The van der Waals surface area contributed by atoms with Crippen molar-refractivity contribution in [3.8, 4) is 0 Å². The highest BCUT2D eigenvalue weighted by Crippen LogP contribution is 2.20. The van der Waals surface area contributed by atoms with Crippen LogP contribution in [-0.2, 0) is 0 Å². The molecular formula is C12H16N4. The van der Waals surface area contributed by atoms with Crippen molar-refractivity contribution in [2.45, 2.75) is 12.8 Å². The second kappa shape index (κ2) is 5.30. The van der Waals surface area contributed by atoms with Gasteiger partial charge in [-0.1, -0.05) is 0 Å². The first-order valence-corrected chi connectivity index (χ1v) is 5.52. The van der Waals surface area contributed by atoms with Crippen LogP contribution in [-0.4, -0.2) is 24.3 Å². The summed E-state index contributed by atoms with van der Waals surface area (Å²) in [6.45, 7) is 2.28. The largest absolute Gasteiger partial charge is 0.405 e. The van der Waals surface area contributed by atoms with Gasteiger partial charge in [0.15, 0.2) is 5.82 Å². The Kier molecular flexibility index (Phi) is 3.53. The Labute approximate surface area is 95.5 Å². The Bertz CT molecular complexity index is 375. The number of nitrogens with two attached hydrogens (primary N) is 1. The maximum Gasteiger partial charge on any atom is 0.151 e. The van der Waals surface area contributed by atoms with Crippen LogP contribution in [0.5, 0.6) is 0 Å². The Morgan fingerprint density at radius 2 is 2.12 bits per heavy atom. The first-order chi connectivity index (χ1) is 7.90. The van der Waals surface area contributed by atoms with Crippen LogP contribution in [0.15, 0.2) is 35.6 Å². The summed E-state index contributed by atoms with van der Waals surface area (Å²) < 4.78 is 0. The number of anilines is 1. The van der Waals surface area contributed by atoms with Crippen molar-refractivity contribution in [1.82, 2.24) is 4.98 Å². The maximum atomic E-state index is 5.20. The molecule has 4 nitrogen and oxygen atoms in total. The van der Waals surface area contributed by atoms with Crippen molar-refractivity contribution >= 4 is 17.7 Å². The van der Waals surface area contributed by atoms with E-state index in [1.165, 1.54) is 24.7 Å². The minimum atomic E-state index is 0.709. The van der Waals surface area contributed by atoms with E-state index in [1.807, 2.05) is 12.3 Å². The first kappa shape index (κ1) is 10.7. The Balaban J connectivity index is 2.03. The van der Waals surface area contributed by atoms with E-state index >= 15 is 0 Å². The van der Waals surface area contributed by atoms with E-state index in [9.17, 15) is 0 Å². The van der Waals surface area contributed by atoms with Gasteiger partial charge in [0.25, 0.3) is 0 Å². The molecule has 2 heterocycles. The second-order valence-corrected chi connectivity index (χ2v) is 3.73. The molecule has 0 amide bonds. The predicted octanol–water partition coefficient (Wildman–Crippen LogP) is 1.86. The van der Waals surface area contributed by atoms with E-state index in [2.05, 4.69) is 20.9 Å². The molecule has 0 atom stereocenters. The van der Waals surface area contributed by atoms with Gasteiger partial charge in [-0.05, 0) is 37.3 Å².